The Morgan fingerprint density at radius 3 is 2.55 bits per heavy atom. The molecule has 0 aliphatic carbocycles. The van der Waals surface area contributed by atoms with E-state index in [1.54, 1.807) is 60.7 Å². The van der Waals surface area contributed by atoms with Crippen molar-refractivity contribution in [3.05, 3.63) is 72.7 Å². The highest BCUT2D eigenvalue weighted by Gasteiger charge is 2.15. The Morgan fingerprint density at radius 1 is 1.10 bits per heavy atom. The lowest BCUT2D eigenvalue weighted by atomic mass is 10.1. The lowest BCUT2D eigenvalue weighted by molar-refractivity contribution is 0.521. The molecule has 0 amide bonds. The molecule has 4 rings (SSSR count). The number of nitrogens with one attached hydrogen (secondary N) is 1. The Kier molecular flexibility index (Phi) is 4.99. The number of aromatic nitrogens is 4. The molecule has 0 bridgehead atoms. The van der Waals surface area contributed by atoms with Crippen LogP contribution in [0, 0.1) is 6.92 Å². The van der Waals surface area contributed by atoms with Crippen LogP contribution in [0.25, 0.3) is 22.5 Å². The van der Waals surface area contributed by atoms with Crippen molar-refractivity contribution in [1.29, 1.82) is 0 Å². The van der Waals surface area contributed by atoms with Crippen LogP contribution in [0.2, 0.25) is 0 Å². The molecule has 8 nitrogen and oxygen atoms in total. The first kappa shape index (κ1) is 19.0. The van der Waals surface area contributed by atoms with E-state index in [1.165, 1.54) is 0 Å². The zero-order chi connectivity index (χ0) is 20.4. The van der Waals surface area contributed by atoms with Crippen molar-refractivity contribution >= 4 is 10.0 Å². The van der Waals surface area contributed by atoms with Gasteiger partial charge in [-0.3, -0.25) is 9.67 Å². The zero-order valence-corrected chi connectivity index (χ0v) is 16.7. The van der Waals surface area contributed by atoms with Gasteiger partial charge in [0.25, 0.3) is 0 Å². The van der Waals surface area contributed by atoms with Gasteiger partial charge in [0.1, 0.15) is 12.0 Å². The molecule has 0 saturated heterocycles. The van der Waals surface area contributed by atoms with Crippen LogP contribution in [0.3, 0.4) is 0 Å². The summed E-state index contributed by atoms with van der Waals surface area (Å²) in [6.07, 6.45) is 6.60. The van der Waals surface area contributed by atoms with E-state index >= 15 is 0 Å². The van der Waals surface area contributed by atoms with Crippen molar-refractivity contribution < 1.29 is 12.8 Å². The summed E-state index contributed by atoms with van der Waals surface area (Å²) >= 11 is 0. The van der Waals surface area contributed by atoms with Crippen LogP contribution in [0.15, 0.2) is 70.6 Å². The molecule has 0 aliphatic rings. The third kappa shape index (κ3) is 4.10. The Balaban J connectivity index is 1.49. The van der Waals surface area contributed by atoms with Gasteiger partial charge in [-0.25, -0.2) is 18.1 Å². The van der Waals surface area contributed by atoms with Crippen LogP contribution < -0.4 is 4.72 Å². The molecule has 0 unspecified atom stereocenters. The minimum atomic E-state index is -3.67. The predicted octanol–water partition coefficient (Wildman–Crippen LogP) is 2.92. The number of hydrogen-bond donors (Lipinski definition) is 1. The predicted molar refractivity (Wildman–Crippen MR) is 107 cm³/mol. The molecule has 0 saturated carbocycles. The average Bonchev–Trinajstić information content (AvgIpc) is 3.35. The van der Waals surface area contributed by atoms with Gasteiger partial charge in [0.05, 0.1) is 10.6 Å². The normalized spacial score (nSPS) is 11.7. The number of aryl methyl sites for hydroxylation is 2. The molecule has 0 spiro atoms. The van der Waals surface area contributed by atoms with Crippen LogP contribution in [0.4, 0.5) is 0 Å². The standard InChI is InChI=1S/C20H19N5O3S/c1-14-24-19(13-28-14)16-3-5-18(6-4-16)29(26,27)23-11-15-9-17(12-21-10-15)20-7-8-22-25(20)2/h3-10,12-13,23H,11H2,1-2H3. The first-order valence-corrected chi connectivity index (χ1v) is 10.4. The molecule has 1 aromatic carbocycles. The summed E-state index contributed by atoms with van der Waals surface area (Å²) in [7, 11) is -1.82. The Hall–Kier alpha value is -3.30. The van der Waals surface area contributed by atoms with E-state index in [4.69, 9.17) is 4.42 Å². The smallest absolute Gasteiger partial charge is 0.240 e. The molecule has 0 fully saturated rings. The number of hydrogen-bond acceptors (Lipinski definition) is 6. The summed E-state index contributed by atoms with van der Waals surface area (Å²) in [6, 6.07) is 10.3. The second kappa shape index (κ2) is 7.61. The van der Waals surface area contributed by atoms with Gasteiger partial charge in [-0.15, -0.1) is 0 Å². The minimum Gasteiger partial charge on any atom is -0.449 e. The summed E-state index contributed by atoms with van der Waals surface area (Å²) < 4.78 is 34.8. The fourth-order valence-electron chi connectivity index (χ4n) is 2.94. The highest BCUT2D eigenvalue weighted by Crippen LogP contribution is 2.21. The third-order valence-corrected chi connectivity index (χ3v) is 5.87. The fourth-order valence-corrected chi connectivity index (χ4v) is 3.96. The second-order valence-electron chi connectivity index (χ2n) is 6.52. The van der Waals surface area contributed by atoms with Crippen molar-refractivity contribution in [3.8, 4) is 22.5 Å². The van der Waals surface area contributed by atoms with E-state index in [2.05, 4.69) is 19.8 Å². The molecular weight excluding hydrogens is 390 g/mol. The van der Waals surface area contributed by atoms with Crippen molar-refractivity contribution in [2.75, 3.05) is 0 Å². The highest BCUT2D eigenvalue weighted by atomic mass is 32.2. The Labute approximate surface area is 168 Å². The largest absolute Gasteiger partial charge is 0.449 e. The second-order valence-corrected chi connectivity index (χ2v) is 8.29. The highest BCUT2D eigenvalue weighted by molar-refractivity contribution is 7.89. The van der Waals surface area contributed by atoms with Crippen LogP contribution in [0.1, 0.15) is 11.5 Å². The number of pyridine rings is 1. The van der Waals surface area contributed by atoms with Gasteiger partial charge < -0.3 is 4.42 Å². The maximum atomic E-state index is 12.6. The van der Waals surface area contributed by atoms with E-state index in [1.807, 2.05) is 19.2 Å². The van der Waals surface area contributed by atoms with Gasteiger partial charge >= 0.3 is 0 Å². The van der Waals surface area contributed by atoms with Gasteiger partial charge in [0.15, 0.2) is 5.89 Å². The Morgan fingerprint density at radius 2 is 1.90 bits per heavy atom. The maximum Gasteiger partial charge on any atom is 0.240 e. The number of rotatable bonds is 6. The molecule has 3 heterocycles. The van der Waals surface area contributed by atoms with Crippen molar-refractivity contribution in [2.45, 2.75) is 18.4 Å². The summed E-state index contributed by atoms with van der Waals surface area (Å²) in [4.78, 5) is 8.63. The molecule has 3 aromatic heterocycles. The summed E-state index contributed by atoms with van der Waals surface area (Å²) in [6.45, 7) is 1.88. The average molecular weight is 409 g/mol. The van der Waals surface area contributed by atoms with Crippen molar-refractivity contribution in [3.63, 3.8) is 0 Å². The van der Waals surface area contributed by atoms with Gasteiger partial charge in [-0.1, -0.05) is 12.1 Å². The number of sulfonamides is 1. The molecule has 29 heavy (non-hydrogen) atoms. The first-order valence-electron chi connectivity index (χ1n) is 8.87. The summed E-state index contributed by atoms with van der Waals surface area (Å²) in [5, 5.41) is 4.14. The van der Waals surface area contributed by atoms with E-state index in [0.29, 0.717) is 11.6 Å². The van der Waals surface area contributed by atoms with Crippen LogP contribution in [0.5, 0.6) is 0 Å². The van der Waals surface area contributed by atoms with E-state index in [0.717, 1.165) is 22.4 Å². The third-order valence-electron chi connectivity index (χ3n) is 4.46. The molecule has 0 radical (unpaired) electrons. The maximum absolute atomic E-state index is 12.6. The van der Waals surface area contributed by atoms with Crippen molar-refractivity contribution in [2.24, 2.45) is 7.05 Å². The minimum absolute atomic E-state index is 0.130. The van der Waals surface area contributed by atoms with Crippen LogP contribution in [-0.4, -0.2) is 28.2 Å². The molecule has 148 valence electrons. The van der Waals surface area contributed by atoms with Gasteiger partial charge in [-0.05, 0) is 29.8 Å². The topological polar surface area (TPSA) is 103 Å². The van der Waals surface area contributed by atoms with Gasteiger partial charge in [0, 0.05) is 50.2 Å². The first-order chi connectivity index (χ1) is 13.9. The monoisotopic (exact) mass is 409 g/mol. The van der Waals surface area contributed by atoms with Gasteiger partial charge in [0.2, 0.25) is 10.0 Å². The molecule has 4 aromatic rings. The molecule has 0 atom stereocenters. The lowest BCUT2D eigenvalue weighted by Gasteiger charge is -2.09. The van der Waals surface area contributed by atoms with E-state index in [-0.39, 0.29) is 11.4 Å². The fraction of sp³-hybridized carbons (Fsp3) is 0.150. The molecule has 9 heteroatoms. The molecular formula is C20H19N5O3S. The van der Waals surface area contributed by atoms with Crippen LogP contribution >= 0.6 is 0 Å². The SMILES string of the molecule is Cc1nc(-c2ccc(S(=O)(=O)NCc3cncc(-c4ccnn4C)c3)cc2)co1. The molecule has 0 aliphatic heterocycles. The number of benzene rings is 1. The lowest BCUT2D eigenvalue weighted by Crippen LogP contribution is -2.23. The van der Waals surface area contributed by atoms with E-state index in [9.17, 15) is 8.42 Å². The summed E-state index contributed by atoms with van der Waals surface area (Å²) in [5.74, 6) is 0.556. The van der Waals surface area contributed by atoms with Crippen LogP contribution in [-0.2, 0) is 23.6 Å². The Bertz CT molecular complexity index is 1240. The zero-order valence-electron chi connectivity index (χ0n) is 15.9. The van der Waals surface area contributed by atoms with Gasteiger partial charge in [-0.2, -0.15) is 5.10 Å². The number of oxazole rings is 1. The quantitative estimate of drug-likeness (QED) is 0.525. The molecule has 1 N–H and O–H groups in total. The summed E-state index contributed by atoms with van der Waals surface area (Å²) in [5.41, 5.74) is 3.98. The van der Waals surface area contributed by atoms with Crippen molar-refractivity contribution in [1.82, 2.24) is 24.5 Å². The van der Waals surface area contributed by atoms with E-state index < -0.39 is 10.0 Å². The number of nitrogens with zero attached hydrogens (tertiary/aromatic N) is 4.